The molecule has 1 aliphatic heterocycles. The summed E-state index contributed by atoms with van der Waals surface area (Å²) < 4.78 is 12.4. The van der Waals surface area contributed by atoms with Crippen LogP contribution in [0.15, 0.2) is 51.4 Å². The van der Waals surface area contributed by atoms with E-state index in [1.165, 1.54) is 0 Å². The Morgan fingerprint density at radius 2 is 2.08 bits per heavy atom. The van der Waals surface area contributed by atoms with Crippen molar-refractivity contribution >= 4 is 38.7 Å². The van der Waals surface area contributed by atoms with Gasteiger partial charge < -0.3 is 19.4 Å². The minimum atomic E-state index is -0.147. The summed E-state index contributed by atoms with van der Waals surface area (Å²) in [4.78, 5) is 18.7. The minimum absolute atomic E-state index is 0.123. The number of halogens is 1. The number of fused-ring (bicyclic) bond motifs is 1. The van der Waals surface area contributed by atoms with E-state index in [0.29, 0.717) is 36.9 Å². The van der Waals surface area contributed by atoms with Crippen molar-refractivity contribution in [3.05, 3.63) is 58.4 Å². The highest BCUT2D eigenvalue weighted by Crippen LogP contribution is 2.25. The Labute approximate surface area is 159 Å². The smallest absolute Gasteiger partial charge is 0.322 e. The van der Waals surface area contributed by atoms with E-state index < -0.39 is 0 Å². The number of hydrogen-bond acceptors (Lipinski definition) is 4. The lowest BCUT2D eigenvalue weighted by Crippen LogP contribution is -2.44. The van der Waals surface area contributed by atoms with Crippen LogP contribution in [0.5, 0.6) is 0 Å². The maximum Gasteiger partial charge on any atom is 0.322 e. The lowest BCUT2D eigenvalue weighted by molar-refractivity contribution is -0.0135. The third-order valence-corrected chi connectivity index (χ3v) is 4.87. The van der Waals surface area contributed by atoms with Crippen LogP contribution < -0.4 is 5.32 Å². The van der Waals surface area contributed by atoms with E-state index in [9.17, 15) is 4.79 Å². The van der Waals surface area contributed by atoms with Crippen LogP contribution in [0, 0.1) is 6.92 Å². The largest absolute Gasteiger partial charge is 0.441 e. The summed E-state index contributed by atoms with van der Waals surface area (Å²) >= 11 is 3.43. The average molecular weight is 416 g/mol. The van der Waals surface area contributed by atoms with Gasteiger partial charge in [-0.3, -0.25) is 0 Å². The van der Waals surface area contributed by atoms with E-state index in [0.717, 1.165) is 15.6 Å². The number of benzene rings is 2. The first-order chi connectivity index (χ1) is 12.6. The number of morpholine rings is 1. The number of aromatic nitrogens is 1. The zero-order chi connectivity index (χ0) is 18.1. The molecule has 1 aliphatic rings. The van der Waals surface area contributed by atoms with E-state index in [-0.39, 0.29) is 12.1 Å². The first kappa shape index (κ1) is 17.1. The van der Waals surface area contributed by atoms with Gasteiger partial charge in [0.2, 0.25) is 0 Å². The van der Waals surface area contributed by atoms with Crippen LogP contribution in [0.25, 0.3) is 11.1 Å². The normalized spacial score (nSPS) is 17.5. The van der Waals surface area contributed by atoms with E-state index in [1.807, 2.05) is 36.4 Å². The fourth-order valence-electron chi connectivity index (χ4n) is 3.03. The minimum Gasteiger partial charge on any atom is -0.441 e. The Morgan fingerprint density at radius 3 is 2.88 bits per heavy atom. The van der Waals surface area contributed by atoms with Crippen molar-refractivity contribution in [3.8, 4) is 0 Å². The van der Waals surface area contributed by atoms with Crippen LogP contribution in [0.4, 0.5) is 10.5 Å². The van der Waals surface area contributed by atoms with Gasteiger partial charge in [0.25, 0.3) is 0 Å². The molecule has 1 atom stereocenters. The molecule has 2 aromatic carbocycles. The number of rotatable bonds is 2. The van der Waals surface area contributed by atoms with Gasteiger partial charge in [-0.2, -0.15) is 0 Å². The molecule has 1 fully saturated rings. The lowest BCUT2D eigenvalue weighted by Gasteiger charge is -2.33. The summed E-state index contributed by atoms with van der Waals surface area (Å²) in [6.07, 6.45) is -0.123. The molecule has 0 bridgehead atoms. The predicted octanol–water partition coefficient (Wildman–Crippen LogP) is 4.50. The number of hydrogen-bond donors (Lipinski definition) is 1. The molecule has 1 N–H and O–H groups in total. The van der Waals surface area contributed by atoms with Crippen molar-refractivity contribution < 1.29 is 13.9 Å². The molecule has 2 heterocycles. The first-order valence-corrected chi connectivity index (χ1v) is 9.18. The molecule has 0 aliphatic carbocycles. The van der Waals surface area contributed by atoms with Gasteiger partial charge in [-0.25, -0.2) is 9.78 Å². The van der Waals surface area contributed by atoms with Crippen molar-refractivity contribution in [1.82, 2.24) is 9.88 Å². The fraction of sp³-hybridized carbons (Fsp3) is 0.263. The lowest BCUT2D eigenvalue weighted by atomic mass is 10.1. The molecule has 2 amide bonds. The maximum atomic E-state index is 12.6. The van der Waals surface area contributed by atoms with Crippen LogP contribution in [-0.2, 0) is 4.74 Å². The molecule has 0 unspecified atom stereocenters. The molecule has 0 saturated carbocycles. The number of anilines is 1. The van der Waals surface area contributed by atoms with Gasteiger partial charge in [-0.1, -0.05) is 28.1 Å². The fourth-order valence-corrected chi connectivity index (χ4v) is 3.30. The summed E-state index contributed by atoms with van der Waals surface area (Å²) in [5, 5.41) is 2.93. The van der Waals surface area contributed by atoms with E-state index in [2.05, 4.69) is 26.2 Å². The molecular weight excluding hydrogens is 398 g/mol. The second-order valence-corrected chi connectivity index (χ2v) is 7.12. The molecule has 7 heteroatoms. The highest BCUT2D eigenvalue weighted by Gasteiger charge is 2.25. The van der Waals surface area contributed by atoms with E-state index in [1.54, 1.807) is 17.9 Å². The van der Waals surface area contributed by atoms with Crippen LogP contribution in [0.2, 0.25) is 0 Å². The summed E-state index contributed by atoms with van der Waals surface area (Å²) in [7, 11) is 0. The number of carbonyl (C=O) groups is 1. The number of carbonyl (C=O) groups excluding carboxylic acids is 1. The summed E-state index contributed by atoms with van der Waals surface area (Å²) in [6.45, 7) is 3.38. The van der Waals surface area contributed by atoms with Gasteiger partial charge in [0.05, 0.1) is 13.2 Å². The van der Waals surface area contributed by atoms with Gasteiger partial charge in [0, 0.05) is 29.7 Å². The van der Waals surface area contributed by atoms with E-state index in [4.69, 9.17) is 9.15 Å². The quantitative estimate of drug-likeness (QED) is 0.668. The van der Waals surface area contributed by atoms with Crippen molar-refractivity contribution in [1.29, 1.82) is 0 Å². The van der Waals surface area contributed by atoms with Crippen molar-refractivity contribution in [2.45, 2.75) is 13.0 Å². The zero-order valence-corrected chi connectivity index (χ0v) is 15.8. The van der Waals surface area contributed by atoms with Crippen LogP contribution >= 0.6 is 15.9 Å². The molecule has 26 heavy (non-hydrogen) atoms. The number of oxazole rings is 1. The molecule has 0 radical (unpaired) electrons. The predicted molar refractivity (Wildman–Crippen MR) is 102 cm³/mol. The van der Waals surface area contributed by atoms with E-state index >= 15 is 0 Å². The Balaban J connectivity index is 1.45. The number of ether oxygens (including phenoxy) is 1. The third-order valence-electron chi connectivity index (χ3n) is 4.34. The molecule has 1 aromatic heterocycles. The number of urea groups is 1. The van der Waals surface area contributed by atoms with Crippen LogP contribution in [0.3, 0.4) is 0 Å². The topological polar surface area (TPSA) is 67.6 Å². The number of aryl methyl sites for hydroxylation is 1. The van der Waals surface area contributed by atoms with Crippen molar-refractivity contribution in [2.24, 2.45) is 0 Å². The van der Waals surface area contributed by atoms with Crippen molar-refractivity contribution in [2.75, 3.05) is 25.0 Å². The second kappa shape index (κ2) is 7.09. The van der Waals surface area contributed by atoms with Gasteiger partial charge in [0.15, 0.2) is 11.5 Å². The van der Waals surface area contributed by atoms with Crippen LogP contribution in [0.1, 0.15) is 17.6 Å². The number of nitrogens with one attached hydrogen (secondary N) is 1. The van der Waals surface area contributed by atoms with Crippen molar-refractivity contribution in [3.63, 3.8) is 0 Å². The van der Waals surface area contributed by atoms with Gasteiger partial charge in [-0.15, -0.1) is 0 Å². The van der Waals surface area contributed by atoms with Crippen LogP contribution in [-0.4, -0.2) is 35.6 Å². The molecule has 6 nitrogen and oxygen atoms in total. The van der Waals surface area contributed by atoms with Gasteiger partial charge in [0.1, 0.15) is 11.6 Å². The Morgan fingerprint density at radius 1 is 1.27 bits per heavy atom. The molecule has 134 valence electrons. The number of amides is 2. The maximum absolute atomic E-state index is 12.6. The third kappa shape index (κ3) is 3.59. The second-order valence-electron chi connectivity index (χ2n) is 6.20. The molecular formula is C19H18BrN3O3. The highest BCUT2D eigenvalue weighted by molar-refractivity contribution is 9.10. The monoisotopic (exact) mass is 415 g/mol. The first-order valence-electron chi connectivity index (χ1n) is 8.39. The Kier molecular flexibility index (Phi) is 4.65. The zero-order valence-electron chi connectivity index (χ0n) is 14.2. The summed E-state index contributed by atoms with van der Waals surface area (Å²) in [5.41, 5.74) is 3.19. The molecule has 3 aromatic rings. The van der Waals surface area contributed by atoms with Gasteiger partial charge >= 0.3 is 6.03 Å². The standard InChI is InChI=1S/C19H18BrN3O3/c1-12-21-16-7-6-15(10-17(16)26-12)22-19(24)23-8-9-25-18(11-23)13-2-4-14(20)5-3-13/h2-7,10,18H,8-9,11H2,1H3,(H,22,24)/t18-/m1/s1. The van der Waals surface area contributed by atoms with Gasteiger partial charge in [-0.05, 0) is 29.8 Å². The molecule has 4 rings (SSSR count). The summed E-state index contributed by atoms with van der Waals surface area (Å²) in [5.74, 6) is 0.606. The SMILES string of the molecule is Cc1nc2ccc(NC(=O)N3CCO[C@@H](c4ccc(Br)cc4)C3)cc2o1. The Bertz CT molecular complexity index is 939. The Hall–Kier alpha value is -2.38. The summed E-state index contributed by atoms with van der Waals surface area (Å²) in [6, 6.07) is 13.3. The molecule has 1 saturated heterocycles. The molecule has 0 spiro atoms. The number of nitrogens with zero attached hydrogens (tertiary/aromatic N) is 2. The average Bonchev–Trinajstić information content (AvgIpc) is 3.02. The highest BCUT2D eigenvalue weighted by atomic mass is 79.9.